The van der Waals surface area contributed by atoms with Crippen LogP contribution in [0.1, 0.15) is 48.1 Å². The van der Waals surface area contributed by atoms with Crippen LogP contribution in [0.4, 0.5) is 0 Å². The molecule has 0 radical (unpaired) electrons. The van der Waals surface area contributed by atoms with Gasteiger partial charge in [-0.25, -0.2) is 14.4 Å². The maximum atomic E-state index is 12.1. The van der Waals surface area contributed by atoms with Crippen molar-refractivity contribution in [2.45, 2.75) is 11.3 Å². The predicted octanol–water partition coefficient (Wildman–Crippen LogP) is 3.01. The molecule has 0 atom stereocenters. The van der Waals surface area contributed by atoms with Crippen molar-refractivity contribution in [3.8, 4) is 0 Å². The second-order valence-electron chi connectivity index (χ2n) is 6.72. The van der Waals surface area contributed by atoms with Crippen molar-refractivity contribution in [3.63, 3.8) is 0 Å². The third-order valence-corrected chi connectivity index (χ3v) is 4.96. The second kappa shape index (κ2) is 7.67. The number of allylic oxidation sites excluding steroid dienone is 2. The van der Waals surface area contributed by atoms with Crippen LogP contribution in [-0.2, 0) is 10.2 Å². The van der Waals surface area contributed by atoms with Crippen molar-refractivity contribution in [3.05, 3.63) is 94.6 Å². The third-order valence-electron chi connectivity index (χ3n) is 4.96. The first-order chi connectivity index (χ1) is 14.2. The van der Waals surface area contributed by atoms with Gasteiger partial charge in [0.25, 0.3) is 0 Å². The normalized spacial score (nSPS) is 19.9. The quantitative estimate of drug-likeness (QED) is 0.533. The summed E-state index contributed by atoms with van der Waals surface area (Å²) in [4.78, 5) is 45.9. The molecule has 0 amide bonds. The monoisotopic (exact) mass is 408 g/mol. The summed E-state index contributed by atoms with van der Waals surface area (Å²) in [7, 11) is 0. The maximum Gasteiger partial charge on any atom is 0.336 e. The number of carboxylic acids is 4. The Morgan fingerprint density at radius 3 is 1.90 bits per heavy atom. The van der Waals surface area contributed by atoms with E-state index < -0.39 is 35.2 Å². The highest BCUT2D eigenvalue weighted by molar-refractivity contribution is 6.01. The van der Waals surface area contributed by atoms with E-state index in [4.69, 9.17) is 5.11 Å². The topological polar surface area (TPSA) is 149 Å². The summed E-state index contributed by atoms with van der Waals surface area (Å²) in [5, 5.41) is 37.5. The minimum atomic E-state index is -1.58. The van der Waals surface area contributed by atoms with Crippen LogP contribution in [0.15, 0.2) is 66.8 Å². The molecule has 0 aliphatic heterocycles. The van der Waals surface area contributed by atoms with Crippen LogP contribution in [0.5, 0.6) is 0 Å². The lowest BCUT2D eigenvalue weighted by Crippen LogP contribution is -2.33. The maximum absolute atomic E-state index is 12.1. The van der Waals surface area contributed by atoms with E-state index in [-0.39, 0.29) is 22.3 Å². The number of rotatable bonds is 6. The first kappa shape index (κ1) is 20.5. The Kier molecular flexibility index (Phi) is 5.25. The number of carbonyl (C=O) groups is 4. The molecule has 0 saturated heterocycles. The molecule has 3 rings (SSSR count). The van der Waals surface area contributed by atoms with Gasteiger partial charge in [-0.2, -0.15) is 0 Å². The van der Waals surface area contributed by atoms with Crippen molar-refractivity contribution < 1.29 is 39.6 Å². The molecule has 0 saturated carbocycles. The molecule has 0 aromatic heterocycles. The average molecular weight is 408 g/mol. The summed E-state index contributed by atoms with van der Waals surface area (Å²) >= 11 is 0. The number of hydrogen-bond acceptors (Lipinski definition) is 4. The first-order valence-electron chi connectivity index (χ1n) is 8.72. The second-order valence-corrected chi connectivity index (χ2v) is 6.72. The number of aliphatic carboxylic acids is 1. The Morgan fingerprint density at radius 1 is 0.733 bits per heavy atom. The highest BCUT2D eigenvalue weighted by Gasteiger charge is 2.38. The molecule has 30 heavy (non-hydrogen) atoms. The number of benzene rings is 2. The summed E-state index contributed by atoms with van der Waals surface area (Å²) < 4.78 is 0. The van der Waals surface area contributed by atoms with E-state index in [1.54, 1.807) is 12.2 Å². The smallest absolute Gasteiger partial charge is 0.336 e. The zero-order chi connectivity index (χ0) is 22.1. The van der Waals surface area contributed by atoms with Gasteiger partial charge in [0.05, 0.1) is 16.7 Å². The molecular formula is C22H16O8. The lowest BCUT2D eigenvalue weighted by molar-refractivity contribution is -0.140. The minimum Gasteiger partial charge on any atom is -0.480 e. The van der Waals surface area contributed by atoms with E-state index >= 15 is 0 Å². The van der Waals surface area contributed by atoms with Gasteiger partial charge in [0, 0.05) is 5.92 Å². The van der Waals surface area contributed by atoms with E-state index in [0.29, 0.717) is 5.56 Å². The fraction of sp³-hybridized carbons (Fsp3) is 0.0909. The van der Waals surface area contributed by atoms with Crippen molar-refractivity contribution >= 4 is 23.9 Å². The van der Waals surface area contributed by atoms with E-state index in [1.165, 1.54) is 54.6 Å². The highest BCUT2D eigenvalue weighted by Crippen LogP contribution is 2.36. The summed E-state index contributed by atoms with van der Waals surface area (Å²) in [6.45, 7) is 0. The Labute approximate surface area is 170 Å². The van der Waals surface area contributed by atoms with Crippen molar-refractivity contribution in [1.82, 2.24) is 0 Å². The van der Waals surface area contributed by atoms with Crippen LogP contribution >= 0.6 is 0 Å². The van der Waals surface area contributed by atoms with Crippen LogP contribution in [0, 0.1) is 0 Å². The van der Waals surface area contributed by atoms with Gasteiger partial charge in [-0.15, -0.1) is 0 Å². The summed E-state index contributed by atoms with van der Waals surface area (Å²) in [5.41, 5.74) is -1.62. The van der Waals surface area contributed by atoms with Crippen LogP contribution < -0.4 is 0 Å². The minimum absolute atomic E-state index is 0.0487. The molecule has 0 spiro atoms. The molecule has 8 nitrogen and oxygen atoms in total. The molecule has 0 fully saturated rings. The molecule has 2 aromatic rings. The largest absolute Gasteiger partial charge is 0.480 e. The molecule has 8 heteroatoms. The Bertz CT molecular complexity index is 1110. The van der Waals surface area contributed by atoms with Gasteiger partial charge in [0.2, 0.25) is 0 Å². The van der Waals surface area contributed by atoms with E-state index in [0.717, 1.165) is 0 Å². The Morgan fingerprint density at radius 2 is 1.37 bits per heavy atom. The fourth-order valence-electron chi connectivity index (χ4n) is 3.35. The summed E-state index contributed by atoms with van der Waals surface area (Å²) in [6.07, 6.45) is 5.94. The Balaban J connectivity index is 2.01. The van der Waals surface area contributed by atoms with Gasteiger partial charge in [-0.05, 0) is 35.4 Å². The summed E-state index contributed by atoms with van der Waals surface area (Å²) in [5.74, 6) is -5.62. The van der Waals surface area contributed by atoms with Gasteiger partial charge in [-0.1, -0.05) is 42.5 Å². The highest BCUT2D eigenvalue weighted by atomic mass is 16.4. The van der Waals surface area contributed by atoms with Crippen LogP contribution in [0.25, 0.3) is 0 Å². The lowest BCUT2D eigenvalue weighted by atomic mass is 9.74. The van der Waals surface area contributed by atoms with Gasteiger partial charge < -0.3 is 20.4 Å². The SMILES string of the molecule is O=C(O)c1cccc(C2(C(=O)O)C=CC(c3ccc(C(=O)O)c(C(=O)O)c3)C=C2)c1. The fourth-order valence-corrected chi connectivity index (χ4v) is 3.35. The first-order valence-corrected chi connectivity index (χ1v) is 8.72. The molecular weight excluding hydrogens is 392 g/mol. The van der Waals surface area contributed by atoms with E-state index in [9.17, 15) is 34.5 Å². The molecule has 2 aromatic carbocycles. The van der Waals surface area contributed by atoms with E-state index in [2.05, 4.69) is 0 Å². The zero-order valence-electron chi connectivity index (χ0n) is 15.4. The average Bonchev–Trinajstić information content (AvgIpc) is 2.73. The van der Waals surface area contributed by atoms with Crippen molar-refractivity contribution in [1.29, 1.82) is 0 Å². The molecule has 0 unspecified atom stereocenters. The molecule has 1 aliphatic carbocycles. The molecule has 4 N–H and O–H groups in total. The zero-order valence-corrected chi connectivity index (χ0v) is 15.4. The molecule has 0 bridgehead atoms. The molecule has 0 heterocycles. The number of aromatic carboxylic acids is 3. The molecule has 152 valence electrons. The molecule has 1 aliphatic rings. The van der Waals surface area contributed by atoms with E-state index in [1.807, 2.05) is 0 Å². The third kappa shape index (κ3) is 3.58. The van der Waals surface area contributed by atoms with Crippen LogP contribution in [0.2, 0.25) is 0 Å². The van der Waals surface area contributed by atoms with Gasteiger partial charge in [0.15, 0.2) is 0 Å². The Hall–Kier alpha value is -4.20. The summed E-state index contributed by atoms with van der Waals surface area (Å²) in [6, 6.07) is 9.52. The van der Waals surface area contributed by atoms with Crippen molar-refractivity contribution in [2.24, 2.45) is 0 Å². The predicted molar refractivity (Wildman–Crippen MR) is 104 cm³/mol. The van der Waals surface area contributed by atoms with Gasteiger partial charge in [0.1, 0.15) is 5.41 Å². The van der Waals surface area contributed by atoms with Crippen LogP contribution in [0.3, 0.4) is 0 Å². The van der Waals surface area contributed by atoms with Gasteiger partial charge in [-0.3, -0.25) is 4.79 Å². The van der Waals surface area contributed by atoms with Gasteiger partial charge >= 0.3 is 23.9 Å². The lowest BCUT2D eigenvalue weighted by Gasteiger charge is -2.28. The van der Waals surface area contributed by atoms with Crippen LogP contribution in [-0.4, -0.2) is 44.3 Å². The standard InChI is InChI=1S/C22H16O8/c23-18(24)14-2-1-3-15(10-14)22(21(29)30)8-6-12(7-9-22)13-4-5-16(19(25)26)17(11-13)20(27)28/h1-12H,(H,23,24)(H,25,26)(H,27,28)(H,29,30). The van der Waals surface area contributed by atoms with Crippen molar-refractivity contribution in [2.75, 3.05) is 0 Å². The number of hydrogen-bond donors (Lipinski definition) is 4. The number of carboxylic acid groups (broad SMARTS) is 4.